The van der Waals surface area contributed by atoms with Gasteiger partial charge in [-0.2, -0.15) is 0 Å². The lowest BCUT2D eigenvalue weighted by molar-refractivity contribution is -0.187. The Morgan fingerprint density at radius 1 is 1.13 bits per heavy atom. The number of hydrogen-bond acceptors (Lipinski definition) is 5. The van der Waals surface area contributed by atoms with Crippen molar-refractivity contribution in [3.8, 4) is 0 Å². The highest BCUT2D eigenvalue weighted by Crippen LogP contribution is 2.39. The number of nitrogens with zero attached hydrogens (tertiary/aromatic N) is 3. The molecule has 2 saturated heterocycles. The molecule has 5 rings (SSSR count). The molecule has 7 nitrogen and oxygen atoms in total. The quantitative estimate of drug-likeness (QED) is 0.752. The van der Waals surface area contributed by atoms with Gasteiger partial charge >= 0.3 is 0 Å². The third-order valence-corrected chi connectivity index (χ3v) is 6.33. The van der Waals surface area contributed by atoms with E-state index in [0.29, 0.717) is 61.1 Å². The van der Waals surface area contributed by atoms with Crippen molar-refractivity contribution in [2.24, 2.45) is 0 Å². The zero-order valence-corrected chi connectivity index (χ0v) is 17.2. The van der Waals surface area contributed by atoms with E-state index in [1.807, 2.05) is 4.90 Å². The molecule has 2 aromatic rings. The van der Waals surface area contributed by atoms with E-state index in [2.05, 4.69) is 4.98 Å². The maximum atomic E-state index is 13.2. The van der Waals surface area contributed by atoms with Crippen LogP contribution in [0.2, 0.25) is 5.02 Å². The van der Waals surface area contributed by atoms with Crippen LogP contribution in [0.4, 0.5) is 5.69 Å². The predicted molar refractivity (Wildman–Crippen MR) is 110 cm³/mol. The zero-order chi connectivity index (χ0) is 20.7. The number of ether oxygens (including phenoxy) is 2. The molecule has 1 spiro atoms. The lowest BCUT2D eigenvalue weighted by Crippen LogP contribution is -2.48. The molecule has 30 heavy (non-hydrogen) atoms. The summed E-state index contributed by atoms with van der Waals surface area (Å²) in [6.45, 7) is 2.37. The van der Waals surface area contributed by atoms with Crippen LogP contribution in [-0.4, -0.2) is 53.8 Å². The minimum Gasteiger partial charge on any atom is -0.347 e. The molecular weight excluding hydrogens is 406 g/mol. The molecule has 1 atom stereocenters. The highest BCUT2D eigenvalue weighted by Gasteiger charge is 2.43. The van der Waals surface area contributed by atoms with E-state index < -0.39 is 11.8 Å². The van der Waals surface area contributed by atoms with Gasteiger partial charge in [0.05, 0.1) is 36.9 Å². The highest BCUT2D eigenvalue weighted by molar-refractivity contribution is 6.30. The molecule has 3 aliphatic heterocycles. The minimum absolute atomic E-state index is 0.00175. The Balaban J connectivity index is 1.37. The molecule has 0 bridgehead atoms. The van der Waals surface area contributed by atoms with Crippen molar-refractivity contribution in [2.75, 3.05) is 31.2 Å². The summed E-state index contributed by atoms with van der Waals surface area (Å²) in [5, 5.41) is 0.590. The van der Waals surface area contributed by atoms with E-state index in [1.54, 1.807) is 47.5 Å². The standard InChI is InChI=1S/C22H22ClN3O4/c23-15-3-5-16(6-4-15)26-18(20-17(21(26)28)2-1-9-24-20)14-19(27)25-10-7-22(8-11-25)29-12-13-30-22/h1-6,9,18H,7-8,10-14H2/t18-/m1/s1. The topological polar surface area (TPSA) is 72.0 Å². The lowest BCUT2D eigenvalue weighted by atomic mass is 10.0. The summed E-state index contributed by atoms with van der Waals surface area (Å²) in [5.74, 6) is -0.675. The van der Waals surface area contributed by atoms with E-state index in [9.17, 15) is 9.59 Å². The van der Waals surface area contributed by atoms with Gasteiger partial charge in [-0.3, -0.25) is 19.5 Å². The molecule has 0 aliphatic carbocycles. The van der Waals surface area contributed by atoms with Crippen LogP contribution in [0.3, 0.4) is 0 Å². The molecule has 0 radical (unpaired) electrons. The Bertz CT molecular complexity index is 965. The maximum absolute atomic E-state index is 13.2. The molecule has 0 saturated carbocycles. The molecule has 1 aromatic carbocycles. The number of fused-ring (bicyclic) bond motifs is 1. The molecule has 0 unspecified atom stereocenters. The van der Waals surface area contributed by atoms with Gasteiger partial charge in [0.15, 0.2) is 5.79 Å². The molecule has 8 heteroatoms. The maximum Gasteiger partial charge on any atom is 0.260 e. The molecule has 156 valence electrons. The average Bonchev–Trinajstić information content (AvgIpc) is 3.33. The highest BCUT2D eigenvalue weighted by atomic mass is 35.5. The summed E-state index contributed by atoms with van der Waals surface area (Å²) >= 11 is 6.02. The van der Waals surface area contributed by atoms with Crippen LogP contribution >= 0.6 is 11.6 Å². The summed E-state index contributed by atoms with van der Waals surface area (Å²) in [6, 6.07) is 10.1. The van der Waals surface area contributed by atoms with Crippen LogP contribution in [0.15, 0.2) is 42.6 Å². The Labute approximate surface area is 179 Å². The van der Waals surface area contributed by atoms with Crippen LogP contribution in [0.25, 0.3) is 0 Å². The van der Waals surface area contributed by atoms with Crippen molar-refractivity contribution in [3.63, 3.8) is 0 Å². The third kappa shape index (κ3) is 3.37. The van der Waals surface area contributed by atoms with Gasteiger partial charge in [-0.1, -0.05) is 11.6 Å². The summed E-state index contributed by atoms with van der Waals surface area (Å²) in [5.41, 5.74) is 1.88. The van der Waals surface area contributed by atoms with Crippen molar-refractivity contribution in [3.05, 3.63) is 58.9 Å². The summed E-state index contributed by atoms with van der Waals surface area (Å²) in [7, 11) is 0. The van der Waals surface area contributed by atoms with E-state index in [4.69, 9.17) is 21.1 Å². The Morgan fingerprint density at radius 3 is 2.53 bits per heavy atom. The zero-order valence-electron chi connectivity index (χ0n) is 16.4. The van der Waals surface area contributed by atoms with Crippen molar-refractivity contribution >= 4 is 29.1 Å². The largest absolute Gasteiger partial charge is 0.347 e. The number of hydrogen-bond donors (Lipinski definition) is 0. The smallest absolute Gasteiger partial charge is 0.260 e. The SMILES string of the molecule is O=C(C[C@@H]1c2ncccc2C(=O)N1c1ccc(Cl)cc1)N1CCC2(CC1)OCCO2. The second-order valence-electron chi connectivity index (χ2n) is 7.80. The number of carbonyl (C=O) groups is 2. The van der Waals surface area contributed by atoms with Crippen LogP contribution < -0.4 is 4.90 Å². The summed E-state index contributed by atoms with van der Waals surface area (Å²) in [4.78, 5) is 34.2. The van der Waals surface area contributed by atoms with Gasteiger partial charge in [0.1, 0.15) is 0 Å². The van der Waals surface area contributed by atoms with Crippen molar-refractivity contribution < 1.29 is 19.1 Å². The van der Waals surface area contributed by atoms with Crippen molar-refractivity contribution in [1.29, 1.82) is 0 Å². The third-order valence-electron chi connectivity index (χ3n) is 6.08. The first-order valence-corrected chi connectivity index (χ1v) is 10.5. The Hall–Kier alpha value is -2.48. The molecule has 3 aliphatic rings. The lowest BCUT2D eigenvalue weighted by Gasteiger charge is -2.38. The number of carbonyl (C=O) groups excluding carboxylic acids is 2. The number of amides is 2. The van der Waals surface area contributed by atoms with Crippen molar-refractivity contribution in [2.45, 2.75) is 31.1 Å². The molecule has 2 amide bonds. The first-order chi connectivity index (χ1) is 14.6. The molecule has 0 N–H and O–H groups in total. The summed E-state index contributed by atoms with van der Waals surface area (Å²) in [6.07, 6.45) is 3.16. The first kappa shape index (κ1) is 19.5. The van der Waals surface area contributed by atoms with Crippen LogP contribution in [0, 0.1) is 0 Å². The number of likely N-dealkylation sites (tertiary alicyclic amines) is 1. The van der Waals surface area contributed by atoms with Gasteiger partial charge in [-0.05, 0) is 36.4 Å². The van der Waals surface area contributed by atoms with E-state index in [-0.39, 0.29) is 18.2 Å². The molecule has 2 fully saturated rings. The second-order valence-corrected chi connectivity index (χ2v) is 8.23. The molecule has 4 heterocycles. The second kappa shape index (κ2) is 7.65. The van der Waals surface area contributed by atoms with Crippen LogP contribution in [0.1, 0.15) is 41.4 Å². The number of benzene rings is 1. The van der Waals surface area contributed by atoms with Gasteiger partial charge in [0.25, 0.3) is 5.91 Å². The Morgan fingerprint density at radius 2 is 1.83 bits per heavy atom. The van der Waals surface area contributed by atoms with Gasteiger partial charge in [-0.15, -0.1) is 0 Å². The van der Waals surface area contributed by atoms with Gasteiger partial charge in [-0.25, -0.2) is 0 Å². The number of pyridine rings is 1. The normalized spacial score (nSPS) is 22.6. The van der Waals surface area contributed by atoms with E-state index >= 15 is 0 Å². The van der Waals surface area contributed by atoms with Crippen LogP contribution in [-0.2, 0) is 14.3 Å². The number of rotatable bonds is 3. The fourth-order valence-corrected chi connectivity index (χ4v) is 4.65. The van der Waals surface area contributed by atoms with E-state index in [0.717, 1.165) is 0 Å². The monoisotopic (exact) mass is 427 g/mol. The average molecular weight is 428 g/mol. The van der Waals surface area contributed by atoms with E-state index in [1.165, 1.54) is 0 Å². The predicted octanol–water partition coefficient (Wildman–Crippen LogP) is 3.19. The number of piperidine rings is 1. The number of halogens is 1. The summed E-state index contributed by atoms with van der Waals surface area (Å²) < 4.78 is 11.5. The molecule has 1 aromatic heterocycles. The molecular formula is C22H22ClN3O4. The number of anilines is 1. The Kier molecular flexibility index (Phi) is 4.97. The number of aromatic nitrogens is 1. The minimum atomic E-state index is -0.524. The van der Waals surface area contributed by atoms with Gasteiger partial charge in [0.2, 0.25) is 5.91 Å². The van der Waals surface area contributed by atoms with Crippen molar-refractivity contribution in [1.82, 2.24) is 9.88 Å². The first-order valence-electron chi connectivity index (χ1n) is 10.2. The fraction of sp³-hybridized carbons (Fsp3) is 0.409. The van der Waals surface area contributed by atoms with Gasteiger partial charge in [0, 0.05) is 42.8 Å². The van der Waals surface area contributed by atoms with Gasteiger partial charge < -0.3 is 14.4 Å². The fourth-order valence-electron chi connectivity index (χ4n) is 4.52. The van der Waals surface area contributed by atoms with Crippen LogP contribution in [0.5, 0.6) is 0 Å².